The van der Waals surface area contributed by atoms with Gasteiger partial charge in [0.1, 0.15) is 13.2 Å². The summed E-state index contributed by atoms with van der Waals surface area (Å²) in [5, 5.41) is 0. The molecule has 0 heterocycles. The van der Waals surface area contributed by atoms with Gasteiger partial charge in [0.15, 0.2) is 0 Å². The first kappa shape index (κ1) is 40.8. The van der Waals surface area contributed by atoms with E-state index in [1.807, 2.05) is 0 Å². The smallest absolute Gasteiger partial charge is 0.216 e. The largest absolute Gasteiger partial charge is 0.381 e. The van der Waals surface area contributed by atoms with E-state index in [0.717, 1.165) is 61.5 Å². The normalized spacial score (nSPS) is 12.5. The predicted molar refractivity (Wildman–Crippen MR) is 182 cm³/mol. The monoisotopic (exact) mass is 670 g/mol. The number of rotatable bonds is 32. The van der Waals surface area contributed by atoms with E-state index in [1.54, 1.807) is 0 Å². The Labute approximate surface area is 271 Å². The summed E-state index contributed by atoms with van der Waals surface area (Å²) in [4.78, 5) is 0. The van der Waals surface area contributed by atoms with Gasteiger partial charge in [-0.1, -0.05) is 0 Å². The van der Waals surface area contributed by atoms with Crippen LogP contribution in [0.15, 0.2) is 0 Å². The van der Waals surface area contributed by atoms with Crippen LogP contribution in [0.3, 0.4) is 0 Å². The maximum Gasteiger partial charge on any atom is 0.216 e. The van der Waals surface area contributed by atoms with Crippen molar-refractivity contribution in [3.05, 3.63) is 0 Å². The minimum Gasteiger partial charge on any atom is -0.381 e. The number of ether oxygens (including phenoxy) is 7. The standard InChI is InChI=1S/C26H54O7S6/c34-13-1-7-27-19-25(20-28-8-2-14-35,21-29-9-3-15-36)22-31-24-26(32-11-5-17-38,33-12-6-18-39)23-30-10-4-16-37/h34-39H,1-24H2. The predicted octanol–water partition coefficient (Wildman–Crippen LogP) is 4.70. The zero-order chi connectivity index (χ0) is 28.9. The molecule has 0 saturated carbocycles. The lowest BCUT2D eigenvalue weighted by Gasteiger charge is -2.37. The van der Waals surface area contributed by atoms with Crippen molar-refractivity contribution in [1.82, 2.24) is 0 Å². The van der Waals surface area contributed by atoms with Crippen molar-refractivity contribution < 1.29 is 33.2 Å². The topological polar surface area (TPSA) is 64.6 Å². The zero-order valence-electron chi connectivity index (χ0n) is 23.5. The SMILES string of the molecule is SCCCOCC(COCCCS)(COCCCS)COCC(COCCCS)(OCCCS)OCCCS. The third kappa shape index (κ3) is 22.9. The third-order valence-corrected chi connectivity index (χ3v) is 7.30. The van der Waals surface area contributed by atoms with Crippen LogP contribution in [0.4, 0.5) is 0 Å². The Morgan fingerprint density at radius 1 is 0.333 bits per heavy atom. The number of hydrogen-bond donors (Lipinski definition) is 6. The summed E-state index contributed by atoms with van der Waals surface area (Å²) in [5.74, 6) is 3.44. The Hall–Kier alpha value is 1.82. The first-order valence-corrected chi connectivity index (χ1v) is 17.7. The van der Waals surface area contributed by atoms with Crippen LogP contribution < -0.4 is 0 Å². The Morgan fingerprint density at radius 3 is 0.974 bits per heavy atom. The second-order valence-electron chi connectivity index (χ2n) is 9.27. The Balaban J connectivity index is 5.62. The average molecular weight is 671 g/mol. The zero-order valence-corrected chi connectivity index (χ0v) is 28.9. The lowest BCUT2D eigenvalue weighted by Crippen LogP contribution is -2.48. The van der Waals surface area contributed by atoms with Gasteiger partial charge in [0.05, 0.1) is 45.1 Å². The van der Waals surface area contributed by atoms with Gasteiger partial charge in [0.2, 0.25) is 5.79 Å². The second kappa shape index (κ2) is 29.9. The van der Waals surface area contributed by atoms with E-state index in [4.69, 9.17) is 33.2 Å². The lowest BCUT2D eigenvalue weighted by molar-refractivity contribution is -0.286. The molecule has 0 saturated heterocycles. The van der Waals surface area contributed by atoms with Crippen LogP contribution in [0.1, 0.15) is 38.5 Å². The highest BCUT2D eigenvalue weighted by Crippen LogP contribution is 2.24. The molecule has 39 heavy (non-hydrogen) atoms. The molecule has 0 aromatic carbocycles. The van der Waals surface area contributed by atoms with Crippen LogP contribution in [0.25, 0.3) is 0 Å². The van der Waals surface area contributed by atoms with E-state index in [1.165, 1.54) is 0 Å². The van der Waals surface area contributed by atoms with Crippen LogP contribution in [-0.4, -0.2) is 120 Å². The molecule has 0 N–H and O–H groups in total. The van der Waals surface area contributed by atoms with E-state index >= 15 is 0 Å². The number of thiol groups is 6. The fraction of sp³-hybridized carbons (Fsp3) is 1.00. The molecule has 7 nitrogen and oxygen atoms in total. The first-order chi connectivity index (χ1) is 19.1. The van der Waals surface area contributed by atoms with Crippen LogP contribution in [0.2, 0.25) is 0 Å². The molecule has 0 fully saturated rings. The molecule has 0 atom stereocenters. The van der Waals surface area contributed by atoms with Gasteiger partial charge < -0.3 is 33.2 Å². The highest BCUT2D eigenvalue weighted by molar-refractivity contribution is 7.81. The van der Waals surface area contributed by atoms with Crippen molar-refractivity contribution in [3.63, 3.8) is 0 Å². The maximum atomic E-state index is 6.39. The molecule has 0 unspecified atom stereocenters. The summed E-state index contributed by atoms with van der Waals surface area (Å²) in [6.45, 7) is 5.49. The molecule has 0 rings (SSSR count). The van der Waals surface area contributed by atoms with E-state index < -0.39 is 11.2 Å². The molecule has 0 aromatic rings. The third-order valence-electron chi connectivity index (χ3n) is 5.40. The van der Waals surface area contributed by atoms with Gasteiger partial charge in [0.25, 0.3) is 0 Å². The van der Waals surface area contributed by atoms with E-state index in [2.05, 4.69) is 75.8 Å². The summed E-state index contributed by atoms with van der Waals surface area (Å²) in [5.41, 5.74) is -0.501. The van der Waals surface area contributed by atoms with Gasteiger partial charge >= 0.3 is 0 Å². The second-order valence-corrected chi connectivity index (χ2v) is 12.0. The van der Waals surface area contributed by atoms with Gasteiger partial charge in [0, 0.05) is 26.4 Å². The molecule has 0 aromatic heterocycles. The van der Waals surface area contributed by atoms with Gasteiger partial charge in [-0.3, -0.25) is 0 Å². The van der Waals surface area contributed by atoms with Crippen LogP contribution in [0, 0.1) is 5.41 Å². The molecular formula is C26H54O7S6. The summed E-state index contributed by atoms with van der Waals surface area (Å²) in [6.07, 6.45) is 5.02. The van der Waals surface area contributed by atoms with Crippen LogP contribution >= 0.6 is 75.8 Å². The Kier molecular flexibility index (Phi) is 31.3. The van der Waals surface area contributed by atoms with Crippen molar-refractivity contribution in [2.45, 2.75) is 44.3 Å². The summed E-state index contributed by atoms with van der Waals surface area (Å²) in [7, 11) is 0. The summed E-state index contributed by atoms with van der Waals surface area (Å²) in [6, 6.07) is 0. The van der Waals surface area contributed by atoms with Gasteiger partial charge in [-0.05, 0) is 73.0 Å². The van der Waals surface area contributed by atoms with Crippen molar-refractivity contribution in [1.29, 1.82) is 0 Å². The number of hydrogen-bond acceptors (Lipinski definition) is 13. The molecule has 0 radical (unpaired) electrons. The van der Waals surface area contributed by atoms with Crippen molar-refractivity contribution in [3.8, 4) is 0 Å². The molecular weight excluding hydrogens is 617 g/mol. The summed E-state index contributed by atoms with van der Waals surface area (Å²) < 4.78 is 43.0. The molecule has 0 aliphatic carbocycles. The van der Waals surface area contributed by atoms with Crippen molar-refractivity contribution in [2.75, 3.05) is 114 Å². The molecule has 0 spiro atoms. The van der Waals surface area contributed by atoms with Crippen LogP contribution in [-0.2, 0) is 33.2 Å². The van der Waals surface area contributed by atoms with E-state index in [-0.39, 0.29) is 13.2 Å². The van der Waals surface area contributed by atoms with Gasteiger partial charge in [-0.2, -0.15) is 75.8 Å². The quantitative estimate of drug-likeness (QED) is 0.0353. The Bertz CT molecular complexity index is 470. The molecule has 236 valence electrons. The highest BCUT2D eigenvalue weighted by Gasteiger charge is 2.37. The molecule has 0 amide bonds. The van der Waals surface area contributed by atoms with Gasteiger partial charge in [-0.15, -0.1) is 0 Å². The van der Waals surface area contributed by atoms with Crippen molar-refractivity contribution >= 4 is 75.8 Å². The first-order valence-electron chi connectivity index (χ1n) is 13.9. The van der Waals surface area contributed by atoms with Gasteiger partial charge in [-0.25, -0.2) is 0 Å². The summed E-state index contributed by atoms with van der Waals surface area (Å²) >= 11 is 25.8. The lowest BCUT2D eigenvalue weighted by atomic mass is 9.92. The maximum absolute atomic E-state index is 6.39. The molecule has 0 bridgehead atoms. The van der Waals surface area contributed by atoms with E-state index in [9.17, 15) is 0 Å². The van der Waals surface area contributed by atoms with Crippen LogP contribution in [0.5, 0.6) is 0 Å². The fourth-order valence-corrected chi connectivity index (χ4v) is 4.10. The average Bonchev–Trinajstić information content (AvgIpc) is 2.94. The van der Waals surface area contributed by atoms with Crippen molar-refractivity contribution in [2.24, 2.45) is 5.41 Å². The fourth-order valence-electron chi connectivity index (χ4n) is 3.33. The molecule has 0 aliphatic heterocycles. The molecule has 0 aliphatic rings. The van der Waals surface area contributed by atoms with E-state index in [0.29, 0.717) is 77.6 Å². The minimum absolute atomic E-state index is 0.193. The minimum atomic E-state index is -1.04. The highest BCUT2D eigenvalue weighted by atomic mass is 32.1. The molecule has 13 heteroatoms. The Morgan fingerprint density at radius 2 is 0.615 bits per heavy atom.